The van der Waals surface area contributed by atoms with E-state index >= 15 is 0 Å². The van der Waals surface area contributed by atoms with Gasteiger partial charge < -0.3 is 10.5 Å². The summed E-state index contributed by atoms with van der Waals surface area (Å²) in [7, 11) is 0. The third kappa shape index (κ3) is 3.65. The van der Waals surface area contributed by atoms with Gasteiger partial charge in [0.05, 0.1) is 5.02 Å². The lowest BCUT2D eigenvalue weighted by Crippen LogP contribution is -2.18. The predicted octanol–water partition coefficient (Wildman–Crippen LogP) is 4.50. The Kier molecular flexibility index (Phi) is 4.39. The molecule has 0 aliphatic rings. The summed E-state index contributed by atoms with van der Waals surface area (Å²) in [6.07, 6.45) is -4.81. The molecule has 0 saturated heterocycles. The van der Waals surface area contributed by atoms with Crippen molar-refractivity contribution in [2.24, 2.45) is 5.73 Å². The van der Waals surface area contributed by atoms with E-state index in [1.165, 1.54) is 24.3 Å². The van der Waals surface area contributed by atoms with E-state index in [4.69, 9.17) is 17.3 Å². The standard InChI is InChI=1S/C14H10ClF4NO/c15-11-3-1-2-10(13(11)16)8-4-5-12(9(6-8)7-20)21-14(17,18)19/h1-6H,7,20H2. The molecule has 21 heavy (non-hydrogen) atoms. The van der Waals surface area contributed by atoms with Crippen LogP contribution in [0.1, 0.15) is 5.56 Å². The molecule has 2 rings (SSSR count). The molecule has 0 bridgehead atoms. The topological polar surface area (TPSA) is 35.2 Å². The summed E-state index contributed by atoms with van der Waals surface area (Å²) >= 11 is 5.68. The first-order valence-electron chi connectivity index (χ1n) is 5.85. The van der Waals surface area contributed by atoms with Crippen molar-refractivity contribution in [2.75, 3.05) is 0 Å². The van der Waals surface area contributed by atoms with Crippen LogP contribution in [0.5, 0.6) is 5.75 Å². The molecule has 112 valence electrons. The third-order valence-electron chi connectivity index (χ3n) is 2.77. The molecule has 0 aromatic heterocycles. The van der Waals surface area contributed by atoms with Crippen molar-refractivity contribution in [1.82, 2.24) is 0 Å². The van der Waals surface area contributed by atoms with Gasteiger partial charge in [-0.05, 0) is 23.8 Å². The Labute approximate surface area is 123 Å². The van der Waals surface area contributed by atoms with E-state index in [0.29, 0.717) is 5.56 Å². The molecule has 0 aliphatic carbocycles. The molecule has 0 aliphatic heterocycles. The molecule has 2 N–H and O–H groups in total. The fourth-order valence-corrected chi connectivity index (χ4v) is 2.03. The Hall–Kier alpha value is -1.79. The fourth-order valence-electron chi connectivity index (χ4n) is 1.86. The number of hydrogen-bond donors (Lipinski definition) is 1. The number of ether oxygens (including phenoxy) is 1. The van der Waals surface area contributed by atoms with Gasteiger partial charge in [-0.1, -0.05) is 29.8 Å². The Morgan fingerprint density at radius 2 is 1.86 bits per heavy atom. The van der Waals surface area contributed by atoms with E-state index in [-0.39, 0.29) is 22.7 Å². The van der Waals surface area contributed by atoms with Crippen molar-refractivity contribution >= 4 is 11.6 Å². The Morgan fingerprint density at radius 1 is 1.14 bits per heavy atom. The highest BCUT2D eigenvalue weighted by Gasteiger charge is 2.32. The lowest BCUT2D eigenvalue weighted by atomic mass is 10.0. The maximum atomic E-state index is 13.9. The monoisotopic (exact) mass is 319 g/mol. The molecule has 2 aromatic rings. The molecule has 0 atom stereocenters. The van der Waals surface area contributed by atoms with Gasteiger partial charge in [-0.25, -0.2) is 4.39 Å². The molecule has 0 unspecified atom stereocenters. The van der Waals surface area contributed by atoms with Crippen LogP contribution >= 0.6 is 11.6 Å². The predicted molar refractivity (Wildman–Crippen MR) is 71.4 cm³/mol. The minimum Gasteiger partial charge on any atom is -0.405 e. The molecule has 0 spiro atoms. The van der Waals surface area contributed by atoms with Gasteiger partial charge in [0, 0.05) is 17.7 Å². The number of nitrogens with two attached hydrogens (primary N) is 1. The quantitative estimate of drug-likeness (QED) is 0.845. The summed E-state index contributed by atoms with van der Waals surface area (Å²) in [5, 5.41) is -0.0718. The minimum absolute atomic E-state index is 0.0718. The molecule has 7 heteroatoms. The van der Waals surface area contributed by atoms with Crippen LogP contribution in [0.2, 0.25) is 5.02 Å². The van der Waals surface area contributed by atoms with E-state index in [1.54, 1.807) is 6.07 Å². The Bertz CT molecular complexity index is 658. The first-order chi connectivity index (χ1) is 9.81. The molecular formula is C14H10ClF4NO. The van der Waals surface area contributed by atoms with Crippen LogP contribution in [0.4, 0.5) is 17.6 Å². The zero-order valence-electron chi connectivity index (χ0n) is 10.5. The summed E-state index contributed by atoms with van der Waals surface area (Å²) < 4.78 is 54.6. The largest absolute Gasteiger partial charge is 0.573 e. The van der Waals surface area contributed by atoms with Crippen molar-refractivity contribution in [3.05, 3.63) is 52.8 Å². The van der Waals surface area contributed by atoms with Crippen molar-refractivity contribution < 1.29 is 22.3 Å². The summed E-state index contributed by atoms with van der Waals surface area (Å²) in [6, 6.07) is 8.16. The zero-order chi connectivity index (χ0) is 15.6. The SMILES string of the molecule is NCc1cc(-c2cccc(Cl)c2F)ccc1OC(F)(F)F. The molecular weight excluding hydrogens is 310 g/mol. The van der Waals surface area contributed by atoms with Gasteiger partial charge in [-0.2, -0.15) is 0 Å². The van der Waals surface area contributed by atoms with Crippen LogP contribution in [0.15, 0.2) is 36.4 Å². The van der Waals surface area contributed by atoms with E-state index in [1.807, 2.05) is 0 Å². The van der Waals surface area contributed by atoms with Crippen LogP contribution in [0.3, 0.4) is 0 Å². The first-order valence-corrected chi connectivity index (χ1v) is 6.22. The van der Waals surface area contributed by atoms with E-state index < -0.39 is 17.9 Å². The lowest BCUT2D eigenvalue weighted by molar-refractivity contribution is -0.274. The number of halogens is 5. The van der Waals surface area contributed by atoms with Gasteiger partial charge in [0.2, 0.25) is 0 Å². The summed E-state index contributed by atoms with van der Waals surface area (Å²) in [6.45, 7) is -0.179. The van der Waals surface area contributed by atoms with Crippen LogP contribution in [0.25, 0.3) is 11.1 Å². The van der Waals surface area contributed by atoms with Gasteiger partial charge in [-0.15, -0.1) is 13.2 Å². The van der Waals surface area contributed by atoms with Crippen molar-refractivity contribution in [3.8, 4) is 16.9 Å². The average molecular weight is 320 g/mol. The molecule has 0 radical (unpaired) electrons. The number of rotatable bonds is 3. The van der Waals surface area contributed by atoms with Gasteiger partial charge >= 0.3 is 6.36 Å². The van der Waals surface area contributed by atoms with Crippen LogP contribution < -0.4 is 10.5 Å². The molecule has 2 aromatic carbocycles. The molecule has 0 heterocycles. The molecule has 0 saturated carbocycles. The van der Waals surface area contributed by atoms with Gasteiger partial charge in [0.25, 0.3) is 0 Å². The maximum Gasteiger partial charge on any atom is 0.573 e. The van der Waals surface area contributed by atoms with Gasteiger partial charge in [0.1, 0.15) is 11.6 Å². The highest BCUT2D eigenvalue weighted by Crippen LogP contribution is 2.33. The highest BCUT2D eigenvalue weighted by atomic mass is 35.5. The smallest absolute Gasteiger partial charge is 0.405 e. The average Bonchev–Trinajstić information content (AvgIpc) is 2.41. The number of alkyl halides is 3. The molecule has 0 amide bonds. The first kappa shape index (κ1) is 15.6. The maximum absolute atomic E-state index is 13.9. The summed E-state index contributed by atoms with van der Waals surface area (Å²) in [5.74, 6) is -1.05. The van der Waals surface area contributed by atoms with E-state index in [2.05, 4.69) is 4.74 Å². The molecule has 2 nitrogen and oxygen atoms in total. The van der Waals surface area contributed by atoms with Crippen LogP contribution in [-0.2, 0) is 6.54 Å². The Morgan fingerprint density at radius 3 is 2.48 bits per heavy atom. The third-order valence-corrected chi connectivity index (χ3v) is 3.06. The van der Waals surface area contributed by atoms with Crippen molar-refractivity contribution in [1.29, 1.82) is 0 Å². The van der Waals surface area contributed by atoms with Crippen LogP contribution in [-0.4, -0.2) is 6.36 Å². The normalized spacial score (nSPS) is 11.5. The van der Waals surface area contributed by atoms with Crippen LogP contribution in [0, 0.1) is 5.82 Å². The summed E-state index contributed by atoms with van der Waals surface area (Å²) in [5.41, 5.74) is 6.07. The van der Waals surface area contributed by atoms with Crippen molar-refractivity contribution in [2.45, 2.75) is 12.9 Å². The van der Waals surface area contributed by atoms with Gasteiger partial charge in [-0.3, -0.25) is 0 Å². The van der Waals surface area contributed by atoms with Gasteiger partial charge in [0.15, 0.2) is 0 Å². The second-order valence-electron chi connectivity index (χ2n) is 4.18. The minimum atomic E-state index is -4.81. The highest BCUT2D eigenvalue weighted by molar-refractivity contribution is 6.31. The van der Waals surface area contributed by atoms with E-state index in [9.17, 15) is 17.6 Å². The Balaban J connectivity index is 2.46. The lowest BCUT2D eigenvalue weighted by Gasteiger charge is -2.14. The number of hydrogen-bond acceptors (Lipinski definition) is 2. The fraction of sp³-hybridized carbons (Fsp3) is 0.143. The second-order valence-corrected chi connectivity index (χ2v) is 4.58. The number of benzene rings is 2. The second kappa shape index (κ2) is 5.91. The van der Waals surface area contributed by atoms with E-state index in [0.717, 1.165) is 6.07 Å². The van der Waals surface area contributed by atoms with Crippen molar-refractivity contribution in [3.63, 3.8) is 0 Å². The zero-order valence-corrected chi connectivity index (χ0v) is 11.3. The molecule has 0 fully saturated rings. The summed E-state index contributed by atoms with van der Waals surface area (Å²) in [4.78, 5) is 0.